The van der Waals surface area contributed by atoms with Gasteiger partial charge in [-0.15, -0.1) is 0 Å². The molecule has 2 unspecified atom stereocenters. The van der Waals surface area contributed by atoms with Gasteiger partial charge < -0.3 is 15.2 Å². The van der Waals surface area contributed by atoms with E-state index < -0.39 is 5.60 Å². The topological polar surface area (TPSA) is 64.8 Å². The van der Waals surface area contributed by atoms with Crippen molar-refractivity contribution in [1.29, 1.82) is 0 Å². The van der Waals surface area contributed by atoms with Crippen LogP contribution in [-0.4, -0.2) is 49.3 Å². The number of hydrogen-bond acceptors (Lipinski definition) is 5. The third-order valence-corrected chi connectivity index (χ3v) is 3.92. The van der Waals surface area contributed by atoms with Gasteiger partial charge in [-0.2, -0.15) is 0 Å². The van der Waals surface area contributed by atoms with Crippen molar-refractivity contribution in [2.24, 2.45) is 5.73 Å². The molecule has 1 fully saturated rings. The molecule has 1 aliphatic heterocycles. The lowest BCUT2D eigenvalue weighted by molar-refractivity contribution is -0.156. The number of hydrogen-bond donors (Lipinski definition) is 1. The summed E-state index contributed by atoms with van der Waals surface area (Å²) in [5.74, 6) is 0.978. The van der Waals surface area contributed by atoms with E-state index in [1.54, 1.807) is 7.11 Å². The van der Waals surface area contributed by atoms with Crippen LogP contribution in [0, 0.1) is 0 Å². The van der Waals surface area contributed by atoms with Gasteiger partial charge >= 0.3 is 5.97 Å². The number of nitrogens with zero attached hydrogens (tertiary/aromatic N) is 1. The van der Waals surface area contributed by atoms with E-state index in [4.69, 9.17) is 15.2 Å². The van der Waals surface area contributed by atoms with Gasteiger partial charge in [0, 0.05) is 19.1 Å². The maximum Gasteiger partial charge on any atom is 0.320 e. The summed E-state index contributed by atoms with van der Waals surface area (Å²) in [5.41, 5.74) is 6.97. The Bertz CT molecular complexity index is 522. The van der Waals surface area contributed by atoms with E-state index in [9.17, 15) is 4.79 Å². The van der Waals surface area contributed by atoms with E-state index in [2.05, 4.69) is 17.0 Å². The first-order valence-electron chi connectivity index (χ1n) is 8.10. The number of benzene rings is 1. The summed E-state index contributed by atoms with van der Waals surface area (Å²) in [6.07, 6.45) is 0.928. The van der Waals surface area contributed by atoms with Crippen LogP contribution in [0.5, 0.6) is 5.75 Å². The Labute approximate surface area is 138 Å². The fourth-order valence-corrected chi connectivity index (χ4v) is 3.04. The number of piperidine rings is 1. The fourth-order valence-electron chi connectivity index (χ4n) is 3.04. The molecule has 0 spiro atoms. The van der Waals surface area contributed by atoms with Gasteiger partial charge in [0.15, 0.2) is 0 Å². The lowest BCUT2D eigenvalue weighted by Crippen LogP contribution is -2.48. The van der Waals surface area contributed by atoms with E-state index in [1.807, 2.05) is 32.9 Å². The average molecular weight is 320 g/mol. The highest BCUT2D eigenvalue weighted by molar-refractivity contribution is 5.72. The van der Waals surface area contributed by atoms with Crippen LogP contribution in [0.2, 0.25) is 0 Å². The van der Waals surface area contributed by atoms with E-state index in [1.165, 1.54) is 5.56 Å². The number of carbonyl (C=O) groups is 1. The van der Waals surface area contributed by atoms with E-state index in [0.29, 0.717) is 5.92 Å². The lowest BCUT2D eigenvalue weighted by Gasteiger charge is -2.36. The quantitative estimate of drug-likeness (QED) is 0.861. The molecule has 1 aromatic rings. The summed E-state index contributed by atoms with van der Waals surface area (Å²) in [6.45, 7) is 7.48. The molecule has 0 saturated carbocycles. The normalized spacial score (nSPS) is 22.7. The van der Waals surface area contributed by atoms with Crippen LogP contribution in [0.3, 0.4) is 0 Å². The van der Waals surface area contributed by atoms with Crippen molar-refractivity contribution >= 4 is 5.97 Å². The van der Waals surface area contributed by atoms with Crippen LogP contribution in [0.4, 0.5) is 0 Å². The Balaban J connectivity index is 1.99. The second kappa shape index (κ2) is 7.32. The molecule has 0 radical (unpaired) electrons. The zero-order chi connectivity index (χ0) is 17.0. The highest BCUT2D eigenvalue weighted by Gasteiger charge is 2.28. The Hall–Kier alpha value is -1.59. The van der Waals surface area contributed by atoms with Gasteiger partial charge in [-0.25, -0.2) is 0 Å². The molecule has 2 atom stereocenters. The first-order chi connectivity index (χ1) is 10.8. The molecule has 2 N–H and O–H groups in total. The standard InChI is InChI=1S/C18H28N2O3/c1-18(2,3)23-17(21)12-20-10-14(9-15(19)11-20)13-5-7-16(22-4)8-6-13/h5-8,14-15H,9-12,19H2,1-4H3. The predicted molar refractivity (Wildman–Crippen MR) is 90.6 cm³/mol. The molecule has 2 rings (SSSR count). The van der Waals surface area contributed by atoms with E-state index in [0.717, 1.165) is 25.3 Å². The molecule has 1 aromatic carbocycles. The Morgan fingerprint density at radius 3 is 2.48 bits per heavy atom. The Kier molecular flexibility index (Phi) is 5.65. The molecule has 0 bridgehead atoms. The van der Waals surface area contributed by atoms with Gasteiger partial charge in [-0.1, -0.05) is 12.1 Å². The molecule has 23 heavy (non-hydrogen) atoms. The van der Waals surface area contributed by atoms with Gasteiger partial charge in [0.05, 0.1) is 13.7 Å². The maximum atomic E-state index is 12.0. The monoisotopic (exact) mass is 320 g/mol. The van der Waals surface area contributed by atoms with Crippen LogP contribution in [-0.2, 0) is 9.53 Å². The van der Waals surface area contributed by atoms with Gasteiger partial charge in [0.2, 0.25) is 0 Å². The van der Waals surface area contributed by atoms with Crippen molar-refractivity contribution in [1.82, 2.24) is 4.90 Å². The highest BCUT2D eigenvalue weighted by Crippen LogP contribution is 2.28. The van der Waals surface area contributed by atoms with E-state index in [-0.39, 0.29) is 18.6 Å². The SMILES string of the molecule is COc1ccc(C2CC(N)CN(CC(=O)OC(C)(C)C)C2)cc1. The maximum absolute atomic E-state index is 12.0. The number of esters is 1. The zero-order valence-electron chi connectivity index (χ0n) is 14.5. The molecular formula is C18H28N2O3. The number of ether oxygens (including phenoxy) is 2. The smallest absolute Gasteiger partial charge is 0.320 e. The number of nitrogens with two attached hydrogens (primary N) is 1. The van der Waals surface area contributed by atoms with Crippen molar-refractivity contribution < 1.29 is 14.3 Å². The van der Waals surface area contributed by atoms with Crippen molar-refractivity contribution in [2.75, 3.05) is 26.7 Å². The minimum absolute atomic E-state index is 0.0679. The summed E-state index contributed by atoms with van der Waals surface area (Å²) >= 11 is 0. The van der Waals surface area contributed by atoms with Crippen molar-refractivity contribution in [2.45, 2.75) is 44.8 Å². The Morgan fingerprint density at radius 2 is 1.91 bits per heavy atom. The molecule has 1 aliphatic rings. The summed E-state index contributed by atoms with van der Waals surface area (Å²) in [7, 11) is 1.66. The third-order valence-electron chi connectivity index (χ3n) is 3.92. The molecule has 1 heterocycles. The van der Waals surface area contributed by atoms with Gasteiger partial charge in [0.25, 0.3) is 0 Å². The molecule has 5 nitrogen and oxygen atoms in total. The molecule has 1 saturated heterocycles. The minimum Gasteiger partial charge on any atom is -0.497 e. The zero-order valence-corrected chi connectivity index (χ0v) is 14.5. The van der Waals surface area contributed by atoms with Crippen molar-refractivity contribution in [3.8, 4) is 5.75 Å². The van der Waals surface area contributed by atoms with Gasteiger partial charge in [-0.05, 0) is 50.8 Å². The van der Waals surface area contributed by atoms with Crippen molar-refractivity contribution in [3.05, 3.63) is 29.8 Å². The predicted octanol–water partition coefficient (Wildman–Crippen LogP) is 2.15. The van der Waals surface area contributed by atoms with Crippen LogP contribution in [0.1, 0.15) is 38.7 Å². The fraction of sp³-hybridized carbons (Fsp3) is 0.611. The summed E-state index contributed by atoms with van der Waals surface area (Å²) in [4.78, 5) is 14.1. The number of likely N-dealkylation sites (tertiary alicyclic amines) is 1. The molecule has 0 aliphatic carbocycles. The second-order valence-electron chi connectivity index (χ2n) is 7.25. The number of rotatable bonds is 4. The lowest BCUT2D eigenvalue weighted by atomic mass is 9.88. The third kappa shape index (κ3) is 5.52. The number of methoxy groups -OCH3 is 1. The van der Waals surface area contributed by atoms with Crippen LogP contribution < -0.4 is 10.5 Å². The minimum atomic E-state index is -0.454. The van der Waals surface area contributed by atoms with Gasteiger partial charge in [-0.3, -0.25) is 9.69 Å². The highest BCUT2D eigenvalue weighted by atomic mass is 16.6. The van der Waals surface area contributed by atoms with Crippen LogP contribution >= 0.6 is 0 Å². The number of carbonyl (C=O) groups excluding carboxylic acids is 1. The van der Waals surface area contributed by atoms with Crippen LogP contribution in [0.15, 0.2) is 24.3 Å². The second-order valence-corrected chi connectivity index (χ2v) is 7.25. The van der Waals surface area contributed by atoms with Crippen LogP contribution in [0.25, 0.3) is 0 Å². The largest absolute Gasteiger partial charge is 0.497 e. The van der Waals surface area contributed by atoms with E-state index >= 15 is 0 Å². The van der Waals surface area contributed by atoms with Gasteiger partial charge in [0.1, 0.15) is 11.4 Å². The first-order valence-corrected chi connectivity index (χ1v) is 8.10. The summed E-state index contributed by atoms with van der Waals surface area (Å²) in [6, 6.07) is 8.15. The van der Waals surface area contributed by atoms with Crippen molar-refractivity contribution in [3.63, 3.8) is 0 Å². The molecule has 5 heteroatoms. The molecule has 128 valence electrons. The molecular weight excluding hydrogens is 292 g/mol. The first kappa shape index (κ1) is 17.8. The summed E-state index contributed by atoms with van der Waals surface area (Å²) < 4.78 is 10.6. The summed E-state index contributed by atoms with van der Waals surface area (Å²) in [5, 5.41) is 0. The molecule has 0 aromatic heterocycles. The Morgan fingerprint density at radius 1 is 1.26 bits per heavy atom. The average Bonchev–Trinajstić information content (AvgIpc) is 2.44. The molecule has 0 amide bonds.